The molecule has 0 spiro atoms. The minimum Gasteiger partial charge on any atom is -0.364 e. The molecule has 1 aliphatic heterocycles. The number of piperazine rings is 1. The van der Waals surface area contributed by atoms with Gasteiger partial charge in [-0.05, 0) is 55.0 Å². The quantitative estimate of drug-likeness (QED) is 0.414. The molecule has 35 heavy (non-hydrogen) atoms. The molecule has 0 unspecified atom stereocenters. The van der Waals surface area contributed by atoms with Crippen LogP contribution in [0.3, 0.4) is 0 Å². The number of rotatable bonds is 9. The summed E-state index contributed by atoms with van der Waals surface area (Å²) in [6, 6.07) is 13.8. The van der Waals surface area contributed by atoms with E-state index in [1.807, 2.05) is 19.1 Å². The summed E-state index contributed by atoms with van der Waals surface area (Å²) in [7, 11) is -7.33. The van der Waals surface area contributed by atoms with Gasteiger partial charge < -0.3 is 10.1 Å². The van der Waals surface area contributed by atoms with Crippen molar-refractivity contribution in [1.29, 1.82) is 0 Å². The lowest BCUT2D eigenvalue weighted by Crippen LogP contribution is -2.51. The van der Waals surface area contributed by atoms with Gasteiger partial charge in [0, 0.05) is 60.8 Å². The smallest absolute Gasteiger partial charge is 0.243 e. The molecule has 2 heterocycles. The van der Waals surface area contributed by atoms with E-state index in [2.05, 4.69) is 10.3 Å². The fourth-order valence-corrected chi connectivity index (χ4v) is 6.60. The zero-order chi connectivity index (χ0) is 25.1. The fourth-order valence-electron chi connectivity index (χ4n) is 3.82. The number of benzene rings is 2. The highest BCUT2D eigenvalue weighted by atomic mass is 35.5. The third kappa shape index (κ3) is 5.93. The number of anilines is 2. The molecule has 4 rings (SSSR count). The van der Waals surface area contributed by atoms with Gasteiger partial charge in [0.15, 0.2) is 5.94 Å². The first kappa shape index (κ1) is 25.8. The van der Waals surface area contributed by atoms with E-state index in [0.717, 1.165) is 28.7 Å². The van der Waals surface area contributed by atoms with Crippen LogP contribution in [0.5, 0.6) is 0 Å². The number of aromatic nitrogens is 1. The van der Waals surface area contributed by atoms with Crippen LogP contribution in [0, 0.1) is 0 Å². The molecule has 1 saturated heterocycles. The Morgan fingerprint density at radius 3 is 2.34 bits per heavy atom. The van der Waals surface area contributed by atoms with Crippen molar-refractivity contribution in [1.82, 2.24) is 13.6 Å². The van der Waals surface area contributed by atoms with E-state index < -0.39 is 20.0 Å². The summed E-state index contributed by atoms with van der Waals surface area (Å²) < 4.78 is 58.8. The molecule has 9 nitrogen and oxygen atoms in total. The van der Waals surface area contributed by atoms with E-state index >= 15 is 0 Å². The molecule has 0 radical (unpaired) electrons. The molecule has 0 atom stereocenters. The van der Waals surface area contributed by atoms with Gasteiger partial charge in [-0.2, -0.15) is 8.61 Å². The van der Waals surface area contributed by atoms with Crippen molar-refractivity contribution < 1.29 is 21.6 Å². The lowest BCUT2D eigenvalue weighted by molar-refractivity contribution is 0.168. The van der Waals surface area contributed by atoms with Crippen LogP contribution in [0.15, 0.2) is 59.6 Å². The van der Waals surface area contributed by atoms with E-state index in [-0.39, 0.29) is 37.0 Å². The van der Waals surface area contributed by atoms with Gasteiger partial charge in [0.05, 0.1) is 10.4 Å². The van der Waals surface area contributed by atoms with Crippen LogP contribution >= 0.6 is 11.6 Å². The first-order valence-corrected chi connectivity index (χ1v) is 14.6. The van der Waals surface area contributed by atoms with Crippen LogP contribution in [0.25, 0.3) is 10.9 Å². The number of fused-ring (bicyclic) bond motifs is 1. The average Bonchev–Trinajstić information content (AvgIpc) is 2.84. The van der Waals surface area contributed by atoms with Crippen molar-refractivity contribution in [3.05, 3.63) is 59.8 Å². The van der Waals surface area contributed by atoms with Crippen LogP contribution in [-0.4, -0.2) is 69.2 Å². The molecule has 188 valence electrons. The zero-order valence-electron chi connectivity index (χ0n) is 19.2. The molecule has 12 heteroatoms. The molecule has 3 aromatic rings. The second-order valence-corrected chi connectivity index (χ2v) is 12.4. The lowest BCUT2D eigenvalue weighted by atomic mass is 10.2. The minimum atomic E-state index is -3.75. The number of sulfonamides is 2. The third-order valence-corrected chi connectivity index (χ3v) is 9.41. The highest BCUT2D eigenvalue weighted by Gasteiger charge is 2.33. The molecule has 0 bridgehead atoms. The molecule has 1 aromatic heterocycles. The number of halogens is 1. The summed E-state index contributed by atoms with van der Waals surface area (Å²) in [5, 5.41) is 4.78. The monoisotopic (exact) mass is 538 g/mol. The van der Waals surface area contributed by atoms with Crippen molar-refractivity contribution >= 4 is 53.9 Å². The summed E-state index contributed by atoms with van der Waals surface area (Å²) >= 11 is 6.05. The SMILES string of the molecule is CCCOCS(=O)(=O)N1CCN(S(=O)(=O)c2ccc(Nc3ccnc4cc(Cl)ccc34)cc2)CC1. The average molecular weight is 539 g/mol. The highest BCUT2D eigenvalue weighted by molar-refractivity contribution is 7.89. The summed E-state index contributed by atoms with van der Waals surface area (Å²) in [4.78, 5) is 4.47. The van der Waals surface area contributed by atoms with Crippen LogP contribution < -0.4 is 5.32 Å². The first-order chi connectivity index (χ1) is 16.7. The molecule has 0 amide bonds. The number of hydrogen-bond donors (Lipinski definition) is 1. The van der Waals surface area contributed by atoms with E-state index in [1.165, 1.54) is 8.61 Å². The lowest BCUT2D eigenvalue weighted by Gasteiger charge is -2.33. The highest BCUT2D eigenvalue weighted by Crippen LogP contribution is 2.28. The largest absolute Gasteiger partial charge is 0.364 e. The van der Waals surface area contributed by atoms with Gasteiger partial charge in [0.1, 0.15) is 0 Å². The topological polar surface area (TPSA) is 109 Å². The second-order valence-electron chi connectivity index (χ2n) is 8.11. The number of nitrogens with zero attached hydrogens (tertiary/aromatic N) is 3. The maximum absolute atomic E-state index is 13.1. The van der Waals surface area contributed by atoms with Crippen molar-refractivity contribution in [2.75, 3.05) is 44.0 Å². The summed E-state index contributed by atoms with van der Waals surface area (Å²) in [6.45, 7) is 2.62. The Labute approximate surface area is 210 Å². The van der Waals surface area contributed by atoms with Crippen molar-refractivity contribution in [3.8, 4) is 0 Å². The Kier molecular flexibility index (Phi) is 7.94. The van der Waals surface area contributed by atoms with Gasteiger partial charge in [-0.3, -0.25) is 4.98 Å². The van der Waals surface area contributed by atoms with Crippen LogP contribution in [0.1, 0.15) is 13.3 Å². The van der Waals surface area contributed by atoms with E-state index in [4.69, 9.17) is 16.3 Å². The summed E-state index contributed by atoms with van der Waals surface area (Å²) in [5.74, 6) is -0.387. The maximum atomic E-state index is 13.1. The molecular formula is C23H27ClN4O5S2. The predicted octanol–water partition coefficient (Wildman–Crippen LogP) is 3.65. The number of nitrogens with one attached hydrogen (secondary N) is 1. The van der Waals surface area contributed by atoms with E-state index in [1.54, 1.807) is 42.6 Å². The Morgan fingerprint density at radius 1 is 0.971 bits per heavy atom. The maximum Gasteiger partial charge on any atom is 0.243 e. The molecular weight excluding hydrogens is 512 g/mol. The fraction of sp³-hybridized carbons (Fsp3) is 0.348. The van der Waals surface area contributed by atoms with Crippen molar-refractivity contribution in [2.45, 2.75) is 18.2 Å². The molecule has 0 aliphatic carbocycles. The molecule has 2 aromatic carbocycles. The standard InChI is InChI=1S/C23H27ClN4O5S2/c1-2-15-33-17-34(29,30)27-11-13-28(14-12-27)35(31,32)20-6-4-19(5-7-20)26-22-9-10-25-23-16-18(24)3-8-21(22)23/h3-10,16H,2,11-15,17H2,1H3,(H,25,26). The predicted molar refractivity (Wildman–Crippen MR) is 137 cm³/mol. The van der Waals surface area contributed by atoms with Gasteiger partial charge in [-0.25, -0.2) is 16.8 Å². The normalized spacial score (nSPS) is 15.9. The molecule has 1 N–H and O–H groups in total. The first-order valence-electron chi connectivity index (χ1n) is 11.2. The van der Waals surface area contributed by atoms with Gasteiger partial charge in [-0.15, -0.1) is 0 Å². The second kappa shape index (κ2) is 10.8. The Bertz CT molecular complexity index is 1390. The Balaban J connectivity index is 1.42. The Morgan fingerprint density at radius 2 is 1.66 bits per heavy atom. The van der Waals surface area contributed by atoms with E-state index in [9.17, 15) is 16.8 Å². The zero-order valence-corrected chi connectivity index (χ0v) is 21.6. The van der Waals surface area contributed by atoms with Gasteiger partial charge in [0.2, 0.25) is 20.0 Å². The van der Waals surface area contributed by atoms with Crippen molar-refractivity contribution in [3.63, 3.8) is 0 Å². The van der Waals surface area contributed by atoms with E-state index in [0.29, 0.717) is 11.6 Å². The van der Waals surface area contributed by atoms with Gasteiger partial charge in [0.25, 0.3) is 0 Å². The number of hydrogen-bond acceptors (Lipinski definition) is 7. The van der Waals surface area contributed by atoms with Crippen LogP contribution in [0.2, 0.25) is 5.02 Å². The molecule has 0 saturated carbocycles. The third-order valence-electron chi connectivity index (χ3n) is 5.65. The number of ether oxygens (including phenoxy) is 1. The summed E-state index contributed by atoms with van der Waals surface area (Å²) in [5.41, 5.74) is 2.29. The minimum absolute atomic E-state index is 0.0842. The molecule has 1 fully saturated rings. The molecule has 1 aliphatic rings. The van der Waals surface area contributed by atoms with Gasteiger partial charge >= 0.3 is 0 Å². The van der Waals surface area contributed by atoms with Crippen LogP contribution in [-0.2, 0) is 24.8 Å². The van der Waals surface area contributed by atoms with Crippen LogP contribution in [0.4, 0.5) is 11.4 Å². The van der Waals surface area contributed by atoms with Gasteiger partial charge in [-0.1, -0.05) is 18.5 Å². The van der Waals surface area contributed by atoms with Crippen molar-refractivity contribution in [2.24, 2.45) is 0 Å². The summed E-state index contributed by atoms with van der Waals surface area (Å²) in [6.07, 6.45) is 2.40. The Hall–Kier alpha value is -2.28. The number of pyridine rings is 1.